The third kappa shape index (κ3) is 3.70. The van der Waals surface area contributed by atoms with Crippen LogP contribution in [0.4, 0.5) is 5.82 Å². The quantitative estimate of drug-likeness (QED) is 0.824. The minimum atomic E-state index is -0.0788. The van der Waals surface area contributed by atoms with Crippen LogP contribution in [0.15, 0.2) is 12.1 Å². The number of nitrogen functional groups attached to an aromatic ring is 1. The highest BCUT2D eigenvalue weighted by Gasteiger charge is 2.29. The SMILES string of the molecule is CCc1cc(C(=O)NCC(C)N(C)C2CC2)cc(N)n1. The average Bonchev–Trinajstić information content (AvgIpc) is 3.27. The van der Waals surface area contributed by atoms with Crippen molar-refractivity contribution in [1.82, 2.24) is 15.2 Å². The third-order valence-electron chi connectivity index (χ3n) is 3.90. The Bertz CT molecular complexity index is 485. The molecule has 1 fully saturated rings. The lowest BCUT2D eigenvalue weighted by Crippen LogP contribution is -2.41. The highest BCUT2D eigenvalue weighted by atomic mass is 16.1. The number of nitrogens with zero attached hydrogens (tertiary/aromatic N) is 2. The summed E-state index contributed by atoms with van der Waals surface area (Å²) in [6, 6.07) is 4.48. The summed E-state index contributed by atoms with van der Waals surface area (Å²) in [5.74, 6) is 0.322. The molecule has 20 heavy (non-hydrogen) atoms. The van der Waals surface area contributed by atoms with Gasteiger partial charge in [-0.25, -0.2) is 4.98 Å². The molecular formula is C15H24N4O. The minimum Gasteiger partial charge on any atom is -0.384 e. The first-order chi connectivity index (χ1) is 9.51. The number of carbonyl (C=O) groups is 1. The lowest BCUT2D eigenvalue weighted by molar-refractivity contribution is 0.0939. The second-order valence-corrected chi connectivity index (χ2v) is 5.58. The molecule has 1 aliphatic carbocycles. The van der Waals surface area contributed by atoms with Crippen LogP contribution < -0.4 is 11.1 Å². The Kier molecular flexibility index (Phi) is 4.60. The van der Waals surface area contributed by atoms with Gasteiger partial charge < -0.3 is 11.1 Å². The number of rotatable bonds is 6. The predicted octanol–water partition coefficient (Wildman–Crippen LogP) is 1.44. The maximum atomic E-state index is 12.2. The molecule has 1 atom stereocenters. The molecular weight excluding hydrogens is 252 g/mol. The molecule has 1 heterocycles. The summed E-state index contributed by atoms with van der Waals surface area (Å²) in [6.45, 7) is 4.78. The highest BCUT2D eigenvalue weighted by Crippen LogP contribution is 2.26. The molecule has 1 aromatic heterocycles. The third-order valence-corrected chi connectivity index (χ3v) is 3.90. The van der Waals surface area contributed by atoms with Gasteiger partial charge in [-0.05, 0) is 45.4 Å². The van der Waals surface area contributed by atoms with Gasteiger partial charge in [-0.2, -0.15) is 0 Å². The maximum Gasteiger partial charge on any atom is 0.251 e. The lowest BCUT2D eigenvalue weighted by atomic mass is 10.1. The van der Waals surface area contributed by atoms with Crippen molar-refractivity contribution in [1.29, 1.82) is 0 Å². The number of nitrogens with one attached hydrogen (secondary N) is 1. The van der Waals surface area contributed by atoms with Crippen LogP contribution in [0.25, 0.3) is 0 Å². The van der Waals surface area contributed by atoms with E-state index in [1.54, 1.807) is 12.1 Å². The summed E-state index contributed by atoms with van der Waals surface area (Å²) in [5, 5.41) is 2.98. The standard InChI is InChI=1S/C15H24N4O/c1-4-12-7-11(8-14(16)18-12)15(20)17-9-10(2)19(3)13-5-6-13/h7-8,10,13H,4-6,9H2,1-3H3,(H2,16,18)(H,17,20). The number of aryl methyl sites for hydroxylation is 1. The Hall–Kier alpha value is -1.62. The van der Waals surface area contributed by atoms with Gasteiger partial charge in [0, 0.05) is 29.9 Å². The fourth-order valence-corrected chi connectivity index (χ4v) is 2.25. The van der Waals surface area contributed by atoms with Crippen molar-refractivity contribution in [3.8, 4) is 0 Å². The Morgan fingerprint density at radius 2 is 2.25 bits per heavy atom. The van der Waals surface area contributed by atoms with Gasteiger partial charge in [0.2, 0.25) is 0 Å². The topological polar surface area (TPSA) is 71.2 Å². The second kappa shape index (κ2) is 6.22. The van der Waals surface area contributed by atoms with Crippen LogP contribution in [0.3, 0.4) is 0 Å². The molecule has 1 aliphatic rings. The Balaban J connectivity index is 1.92. The molecule has 1 aromatic rings. The van der Waals surface area contributed by atoms with Gasteiger partial charge in [0.25, 0.3) is 5.91 Å². The number of nitrogens with two attached hydrogens (primary N) is 1. The fourth-order valence-electron chi connectivity index (χ4n) is 2.25. The van der Waals surface area contributed by atoms with Gasteiger partial charge in [-0.3, -0.25) is 9.69 Å². The average molecular weight is 276 g/mol. The van der Waals surface area contributed by atoms with E-state index in [9.17, 15) is 4.79 Å². The van der Waals surface area contributed by atoms with E-state index in [0.29, 0.717) is 30.0 Å². The van der Waals surface area contributed by atoms with Crippen LogP contribution in [-0.2, 0) is 6.42 Å². The maximum absolute atomic E-state index is 12.2. The van der Waals surface area contributed by atoms with E-state index in [1.165, 1.54) is 12.8 Å². The van der Waals surface area contributed by atoms with Crippen LogP contribution in [0, 0.1) is 0 Å². The van der Waals surface area contributed by atoms with Crippen molar-refractivity contribution in [3.63, 3.8) is 0 Å². The Morgan fingerprint density at radius 3 is 2.85 bits per heavy atom. The summed E-state index contributed by atoms with van der Waals surface area (Å²) in [6.07, 6.45) is 3.32. The lowest BCUT2D eigenvalue weighted by Gasteiger charge is -2.24. The molecule has 5 heteroatoms. The summed E-state index contributed by atoms with van der Waals surface area (Å²) in [5.41, 5.74) is 7.16. The Labute approximate surface area is 120 Å². The first kappa shape index (κ1) is 14.8. The molecule has 0 saturated heterocycles. The molecule has 1 unspecified atom stereocenters. The van der Waals surface area contributed by atoms with Crippen molar-refractivity contribution in [2.45, 2.75) is 45.2 Å². The zero-order valence-corrected chi connectivity index (χ0v) is 12.5. The summed E-state index contributed by atoms with van der Waals surface area (Å²) < 4.78 is 0. The largest absolute Gasteiger partial charge is 0.384 e. The Morgan fingerprint density at radius 1 is 1.55 bits per heavy atom. The van der Waals surface area contributed by atoms with Gasteiger partial charge in [-0.1, -0.05) is 6.92 Å². The van der Waals surface area contributed by atoms with Crippen LogP contribution in [0.1, 0.15) is 42.7 Å². The van der Waals surface area contributed by atoms with Gasteiger partial charge in [0.1, 0.15) is 5.82 Å². The number of amides is 1. The molecule has 0 spiro atoms. The zero-order valence-electron chi connectivity index (χ0n) is 12.5. The van der Waals surface area contributed by atoms with Gasteiger partial charge >= 0.3 is 0 Å². The first-order valence-electron chi connectivity index (χ1n) is 7.27. The zero-order chi connectivity index (χ0) is 14.7. The smallest absolute Gasteiger partial charge is 0.251 e. The molecule has 1 amide bonds. The van der Waals surface area contributed by atoms with Crippen LogP contribution in [-0.4, -0.2) is 41.5 Å². The van der Waals surface area contributed by atoms with Gasteiger partial charge in [0.15, 0.2) is 0 Å². The fraction of sp³-hybridized carbons (Fsp3) is 0.600. The van der Waals surface area contributed by atoms with E-state index in [-0.39, 0.29) is 5.91 Å². The minimum absolute atomic E-state index is 0.0788. The molecule has 0 aromatic carbocycles. The van der Waals surface area contributed by atoms with Crippen molar-refractivity contribution < 1.29 is 4.79 Å². The van der Waals surface area contributed by atoms with Crippen molar-refractivity contribution in [2.24, 2.45) is 0 Å². The number of hydrogen-bond donors (Lipinski definition) is 2. The van der Waals surface area contributed by atoms with Gasteiger partial charge in [0.05, 0.1) is 0 Å². The number of likely N-dealkylation sites (N-methyl/N-ethyl adjacent to an activating group) is 1. The number of anilines is 1. The molecule has 1 saturated carbocycles. The predicted molar refractivity (Wildman–Crippen MR) is 80.6 cm³/mol. The summed E-state index contributed by atoms with van der Waals surface area (Å²) in [4.78, 5) is 18.7. The molecule has 0 aliphatic heterocycles. The van der Waals surface area contributed by atoms with Crippen LogP contribution in [0.2, 0.25) is 0 Å². The van der Waals surface area contributed by atoms with E-state index >= 15 is 0 Å². The van der Waals surface area contributed by atoms with Crippen LogP contribution in [0.5, 0.6) is 0 Å². The molecule has 5 nitrogen and oxygen atoms in total. The molecule has 110 valence electrons. The second-order valence-electron chi connectivity index (χ2n) is 5.58. The normalized spacial score (nSPS) is 16.2. The van der Waals surface area contributed by atoms with E-state index in [1.807, 2.05) is 6.92 Å². The first-order valence-corrected chi connectivity index (χ1v) is 7.27. The molecule has 3 N–H and O–H groups in total. The number of carbonyl (C=O) groups excluding carboxylic acids is 1. The van der Waals surface area contributed by atoms with Crippen LogP contribution >= 0.6 is 0 Å². The number of pyridine rings is 1. The molecule has 0 radical (unpaired) electrons. The number of hydrogen-bond acceptors (Lipinski definition) is 4. The summed E-state index contributed by atoms with van der Waals surface area (Å²) >= 11 is 0. The van der Waals surface area contributed by atoms with Gasteiger partial charge in [-0.15, -0.1) is 0 Å². The van der Waals surface area contributed by atoms with E-state index in [0.717, 1.165) is 12.1 Å². The highest BCUT2D eigenvalue weighted by molar-refractivity contribution is 5.94. The molecule has 2 rings (SSSR count). The van der Waals surface area contributed by atoms with Crippen molar-refractivity contribution in [2.75, 3.05) is 19.3 Å². The van der Waals surface area contributed by atoms with Crippen molar-refractivity contribution in [3.05, 3.63) is 23.4 Å². The monoisotopic (exact) mass is 276 g/mol. The van der Waals surface area contributed by atoms with Crippen molar-refractivity contribution >= 4 is 11.7 Å². The van der Waals surface area contributed by atoms with E-state index < -0.39 is 0 Å². The molecule has 0 bridgehead atoms. The summed E-state index contributed by atoms with van der Waals surface area (Å²) in [7, 11) is 2.12. The van der Waals surface area contributed by atoms with E-state index in [2.05, 4.69) is 29.2 Å². The number of aromatic nitrogens is 1. The van der Waals surface area contributed by atoms with E-state index in [4.69, 9.17) is 5.73 Å².